The summed E-state index contributed by atoms with van der Waals surface area (Å²) in [6.07, 6.45) is 1.88. The molecule has 1 aliphatic heterocycles. The Morgan fingerprint density at radius 3 is 2.61 bits per heavy atom. The maximum Gasteiger partial charge on any atom is 0.212 e. The van der Waals surface area contributed by atoms with Gasteiger partial charge >= 0.3 is 0 Å². The number of fused-ring (bicyclic) bond motifs is 2. The van der Waals surface area contributed by atoms with Crippen LogP contribution in [0.5, 0.6) is 11.5 Å². The SMILES string of the molecule is COc1cc(OCc2nc(-c3ccc(CN4CCOCC4)cc3)sc2C)c2cc(-c3cn4nc(C)sc4n3)oc2c1. The lowest BCUT2D eigenvalue weighted by molar-refractivity contribution is 0.0342. The van der Waals surface area contributed by atoms with E-state index in [1.165, 1.54) is 5.56 Å². The van der Waals surface area contributed by atoms with Crippen LogP contribution in [-0.2, 0) is 17.9 Å². The Bertz CT molecular complexity index is 1800. The second-order valence-electron chi connectivity index (χ2n) is 10.0. The van der Waals surface area contributed by atoms with Gasteiger partial charge in [0.05, 0.1) is 37.6 Å². The van der Waals surface area contributed by atoms with E-state index in [0.29, 0.717) is 29.4 Å². The van der Waals surface area contributed by atoms with Crippen molar-refractivity contribution < 1.29 is 18.6 Å². The van der Waals surface area contributed by atoms with Crippen LogP contribution in [0, 0.1) is 13.8 Å². The Labute approximate surface area is 244 Å². The van der Waals surface area contributed by atoms with Crippen LogP contribution in [0.2, 0.25) is 0 Å². The summed E-state index contributed by atoms with van der Waals surface area (Å²) in [5, 5.41) is 7.26. The molecule has 7 rings (SSSR count). The minimum absolute atomic E-state index is 0.337. The third kappa shape index (κ3) is 5.33. The summed E-state index contributed by atoms with van der Waals surface area (Å²) in [5.41, 5.74) is 4.72. The standard InChI is InChI=1S/C30H29N5O4S2/c1-18-25(31-29(40-18)21-6-4-20(5-7-21)15-34-8-10-37-11-9-34)17-38-26-12-22(36-3)13-27-23(26)14-28(39-27)24-16-35-30(32-24)41-19(2)33-35/h4-7,12-14,16H,8-11,15,17H2,1-3H3. The van der Waals surface area contributed by atoms with E-state index in [4.69, 9.17) is 23.6 Å². The molecule has 9 nitrogen and oxygen atoms in total. The van der Waals surface area contributed by atoms with Gasteiger partial charge in [0.1, 0.15) is 39.4 Å². The molecule has 1 saturated heterocycles. The van der Waals surface area contributed by atoms with Gasteiger partial charge in [-0.3, -0.25) is 4.90 Å². The van der Waals surface area contributed by atoms with Gasteiger partial charge in [0.25, 0.3) is 0 Å². The molecular formula is C30H29N5O4S2. The van der Waals surface area contributed by atoms with Crippen molar-refractivity contribution in [2.75, 3.05) is 33.4 Å². The fourth-order valence-corrected chi connectivity index (χ4v) is 6.61. The first-order valence-corrected chi connectivity index (χ1v) is 15.1. The van der Waals surface area contributed by atoms with Crippen LogP contribution in [0.4, 0.5) is 0 Å². The predicted octanol–water partition coefficient (Wildman–Crippen LogP) is 6.36. The molecule has 6 aromatic rings. The predicted molar refractivity (Wildman–Crippen MR) is 160 cm³/mol. The Morgan fingerprint density at radius 2 is 1.83 bits per heavy atom. The normalized spacial score (nSPS) is 14.3. The number of thiazole rings is 1. The zero-order valence-electron chi connectivity index (χ0n) is 23.0. The lowest BCUT2D eigenvalue weighted by Crippen LogP contribution is -2.35. The number of rotatable bonds is 8. The number of hydrogen-bond acceptors (Lipinski definition) is 10. The first-order chi connectivity index (χ1) is 20.0. The quantitative estimate of drug-likeness (QED) is 0.203. The summed E-state index contributed by atoms with van der Waals surface area (Å²) < 4.78 is 25.3. The molecule has 1 fully saturated rings. The van der Waals surface area contributed by atoms with Crippen molar-refractivity contribution in [2.24, 2.45) is 0 Å². The topological polar surface area (TPSA) is 87.2 Å². The number of methoxy groups -OCH3 is 1. The van der Waals surface area contributed by atoms with E-state index in [1.807, 2.05) is 31.3 Å². The zero-order valence-corrected chi connectivity index (χ0v) is 24.7. The number of morpholine rings is 1. The van der Waals surface area contributed by atoms with Crippen LogP contribution in [-0.4, -0.2) is 57.9 Å². The number of nitrogens with zero attached hydrogens (tertiary/aromatic N) is 5. The molecule has 41 heavy (non-hydrogen) atoms. The first kappa shape index (κ1) is 26.1. The molecule has 210 valence electrons. The minimum atomic E-state index is 0.337. The van der Waals surface area contributed by atoms with Crippen molar-refractivity contribution >= 4 is 38.6 Å². The van der Waals surface area contributed by atoms with Crippen molar-refractivity contribution in [3.05, 3.63) is 69.8 Å². The number of aryl methyl sites for hydroxylation is 2. The van der Waals surface area contributed by atoms with Crippen LogP contribution in [0.15, 0.2) is 53.1 Å². The monoisotopic (exact) mass is 587 g/mol. The minimum Gasteiger partial charge on any atom is -0.496 e. The highest BCUT2D eigenvalue weighted by Crippen LogP contribution is 2.38. The smallest absolute Gasteiger partial charge is 0.212 e. The van der Waals surface area contributed by atoms with Crippen molar-refractivity contribution in [1.29, 1.82) is 0 Å². The van der Waals surface area contributed by atoms with Crippen LogP contribution < -0.4 is 9.47 Å². The molecule has 0 atom stereocenters. The molecule has 0 N–H and O–H groups in total. The second kappa shape index (κ2) is 10.9. The summed E-state index contributed by atoms with van der Waals surface area (Å²) in [5.74, 6) is 1.98. The molecule has 1 aliphatic rings. The molecular weight excluding hydrogens is 558 g/mol. The van der Waals surface area contributed by atoms with Gasteiger partial charge in [-0.25, -0.2) is 14.5 Å². The van der Waals surface area contributed by atoms with E-state index >= 15 is 0 Å². The molecule has 0 spiro atoms. The molecule has 0 aliphatic carbocycles. The highest BCUT2D eigenvalue weighted by atomic mass is 32.1. The average Bonchev–Trinajstić information content (AvgIpc) is 3.75. The van der Waals surface area contributed by atoms with Gasteiger partial charge in [0.2, 0.25) is 4.96 Å². The Kier molecular flexibility index (Phi) is 6.95. The number of ether oxygens (including phenoxy) is 3. The molecule has 4 aromatic heterocycles. The number of aromatic nitrogens is 4. The van der Waals surface area contributed by atoms with Crippen molar-refractivity contribution in [2.45, 2.75) is 27.0 Å². The molecule has 2 aromatic carbocycles. The molecule has 0 radical (unpaired) electrons. The molecule has 5 heterocycles. The van der Waals surface area contributed by atoms with Crippen LogP contribution >= 0.6 is 22.7 Å². The van der Waals surface area contributed by atoms with Crippen LogP contribution in [0.25, 0.3) is 38.0 Å². The lowest BCUT2D eigenvalue weighted by Gasteiger charge is -2.26. The van der Waals surface area contributed by atoms with Gasteiger partial charge in [0, 0.05) is 42.2 Å². The number of hydrogen-bond donors (Lipinski definition) is 0. The maximum atomic E-state index is 6.34. The largest absolute Gasteiger partial charge is 0.496 e. The summed E-state index contributed by atoms with van der Waals surface area (Å²) >= 11 is 3.22. The summed E-state index contributed by atoms with van der Waals surface area (Å²) in [6, 6.07) is 14.4. The van der Waals surface area contributed by atoms with Crippen LogP contribution in [0.1, 0.15) is 21.1 Å². The molecule has 0 unspecified atom stereocenters. The number of furan rings is 1. The Morgan fingerprint density at radius 1 is 1.00 bits per heavy atom. The first-order valence-electron chi connectivity index (χ1n) is 13.5. The highest BCUT2D eigenvalue weighted by molar-refractivity contribution is 7.16. The molecule has 0 saturated carbocycles. The number of benzene rings is 2. The van der Waals surface area contributed by atoms with Gasteiger partial charge < -0.3 is 18.6 Å². The van der Waals surface area contributed by atoms with Gasteiger partial charge in [-0.2, -0.15) is 5.10 Å². The highest BCUT2D eigenvalue weighted by Gasteiger charge is 2.18. The van der Waals surface area contributed by atoms with Gasteiger partial charge in [-0.15, -0.1) is 11.3 Å². The van der Waals surface area contributed by atoms with Gasteiger partial charge in [-0.05, 0) is 25.5 Å². The molecule has 11 heteroatoms. The molecule has 0 amide bonds. The summed E-state index contributed by atoms with van der Waals surface area (Å²) in [7, 11) is 1.63. The van der Waals surface area contributed by atoms with E-state index in [1.54, 1.807) is 34.3 Å². The Balaban J connectivity index is 1.10. The summed E-state index contributed by atoms with van der Waals surface area (Å²) in [4.78, 5) is 14.0. The maximum absolute atomic E-state index is 6.34. The molecule has 0 bridgehead atoms. The van der Waals surface area contributed by atoms with E-state index in [9.17, 15) is 0 Å². The van der Waals surface area contributed by atoms with Crippen LogP contribution in [0.3, 0.4) is 0 Å². The summed E-state index contributed by atoms with van der Waals surface area (Å²) in [6.45, 7) is 8.92. The third-order valence-corrected chi connectivity index (χ3v) is 9.07. The Hall–Kier alpha value is -3.77. The third-order valence-electron chi connectivity index (χ3n) is 7.17. The lowest BCUT2D eigenvalue weighted by atomic mass is 10.1. The van der Waals surface area contributed by atoms with Crippen molar-refractivity contribution in [3.63, 3.8) is 0 Å². The van der Waals surface area contributed by atoms with E-state index in [-0.39, 0.29) is 0 Å². The van der Waals surface area contributed by atoms with Crippen molar-refractivity contribution in [3.8, 4) is 33.5 Å². The fraction of sp³-hybridized carbons (Fsp3) is 0.300. The zero-order chi connectivity index (χ0) is 27.9. The second-order valence-corrected chi connectivity index (χ2v) is 12.4. The van der Waals surface area contributed by atoms with Gasteiger partial charge in [-0.1, -0.05) is 35.6 Å². The van der Waals surface area contributed by atoms with E-state index < -0.39 is 0 Å². The van der Waals surface area contributed by atoms with E-state index in [2.05, 4.69) is 46.2 Å². The number of imidazole rings is 1. The van der Waals surface area contributed by atoms with Gasteiger partial charge in [0.15, 0.2) is 5.76 Å². The average molecular weight is 588 g/mol. The fourth-order valence-electron chi connectivity index (χ4n) is 4.97. The van der Waals surface area contributed by atoms with E-state index in [0.717, 1.165) is 75.0 Å². The van der Waals surface area contributed by atoms with Crippen molar-refractivity contribution in [1.82, 2.24) is 24.5 Å².